The molecule has 0 radical (unpaired) electrons. The number of carbonyl (C=O) groups excluding carboxylic acids is 1. The Bertz CT molecular complexity index is 343. The van der Waals surface area contributed by atoms with Crippen molar-refractivity contribution < 1.29 is 18.0 Å². The molecule has 0 N–H and O–H groups in total. The summed E-state index contributed by atoms with van der Waals surface area (Å²) >= 11 is 5.29. The zero-order valence-corrected chi connectivity index (χ0v) is 6.86. The number of Topliss-reactive ketones (excluding diaryl/α,β-unsaturated/α-hetero) is 1. The number of pyridine rings is 1. The summed E-state index contributed by atoms with van der Waals surface area (Å²) < 4.78 is 36.4. The smallest absolute Gasteiger partial charge is 0.288 e. The van der Waals surface area contributed by atoms with Crippen molar-refractivity contribution in [2.24, 2.45) is 0 Å². The molecule has 0 atom stereocenters. The Morgan fingerprint density at radius 3 is 2.69 bits per heavy atom. The molecule has 1 aromatic rings. The van der Waals surface area contributed by atoms with Gasteiger partial charge < -0.3 is 0 Å². The molecule has 0 aromatic carbocycles. The molecule has 0 bridgehead atoms. The number of hydrogen-bond acceptors (Lipinski definition) is 2. The SMILES string of the molecule is O=C(c1cc(Cl)ncc1F)C(F)F. The highest BCUT2D eigenvalue weighted by atomic mass is 35.5. The highest BCUT2D eigenvalue weighted by Crippen LogP contribution is 2.15. The molecule has 6 heteroatoms. The van der Waals surface area contributed by atoms with Crippen LogP contribution in [0.5, 0.6) is 0 Å². The molecule has 1 rings (SSSR count). The monoisotopic (exact) mass is 209 g/mol. The van der Waals surface area contributed by atoms with Crippen LogP contribution in [-0.4, -0.2) is 17.2 Å². The first-order chi connectivity index (χ1) is 6.02. The van der Waals surface area contributed by atoms with Crippen molar-refractivity contribution >= 4 is 17.4 Å². The van der Waals surface area contributed by atoms with Crippen LogP contribution in [0.15, 0.2) is 12.3 Å². The average molecular weight is 210 g/mol. The third kappa shape index (κ3) is 2.18. The highest BCUT2D eigenvalue weighted by Gasteiger charge is 2.21. The maximum atomic E-state index is 12.7. The average Bonchev–Trinajstić information content (AvgIpc) is 2.08. The Morgan fingerprint density at radius 1 is 1.54 bits per heavy atom. The van der Waals surface area contributed by atoms with Gasteiger partial charge in [0.1, 0.15) is 5.15 Å². The van der Waals surface area contributed by atoms with Gasteiger partial charge in [-0.25, -0.2) is 18.2 Å². The molecule has 70 valence electrons. The first-order valence-electron chi connectivity index (χ1n) is 3.16. The van der Waals surface area contributed by atoms with Gasteiger partial charge in [-0.2, -0.15) is 0 Å². The van der Waals surface area contributed by atoms with Crippen molar-refractivity contribution in [2.75, 3.05) is 0 Å². The molecule has 0 spiro atoms. The second kappa shape index (κ2) is 3.74. The topological polar surface area (TPSA) is 30.0 Å². The van der Waals surface area contributed by atoms with E-state index in [0.717, 1.165) is 6.07 Å². The van der Waals surface area contributed by atoms with Crippen LogP contribution < -0.4 is 0 Å². The van der Waals surface area contributed by atoms with Gasteiger partial charge in [-0.3, -0.25) is 4.79 Å². The molecule has 0 saturated carbocycles. The van der Waals surface area contributed by atoms with Gasteiger partial charge in [0, 0.05) is 0 Å². The number of halogens is 4. The Morgan fingerprint density at radius 2 is 2.15 bits per heavy atom. The Kier molecular flexibility index (Phi) is 2.87. The second-order valence-corrected chi connectivity index (χ2v) is 2.54. The number of rotatable bonds is 2. The molecule has 1 heterocycles. The number of aromatic nitrogens is 1. The third-order valence-corrected chi connectivity index (χ3v) is 1.49. The fraction of sp³-hybridized carbons (Fsp3) is 0.143. The number of nitrogens with zero attached hydrogens (tertiary/aromatic N) is 1. The fourth-order valence-corrected chi connectivity index (χ4v) is 0.877. The molecule has 2 nitrogen and oxygen atoms in total. The molecule has 0 aliphatic heterocycles. The van der Waals surface area contributed by atoms with Gasteiger partial charge in [0.2, 0.25) is 5.78 Å². The van der Waals surface area contributed by atoms with Gasteiger partial charge in [-0.15, -0.1) is 0 Å². The summed E-state index contributed by atoms with van der Waals surface area (Å²) in [6, 6.07) is 0.769. The van der Waals surface area contributed by atoms with Crippen molar-refractivity contribution in [1.82, 2.24) is 4.98 Å². The molecule has 0 unspecified atom stereocenters. The quantitative estimate of drug-likeness (QED) is 0.553. The van der Waals surface area contributed by atoms with E-state index in [1.807, 2.05) is 0 Å². The number of ketones is 1. The van der Waals surface area contributed by atoms with Crippen LogP contribution in [0.2, 0.25) is 5.15 Å². The molecule has 0 fully saturated rings. The van der Waals surface area contributed by atoms with E-state index in [2.05, 4.69) is 4.98 Å². The van der Waals surface area contributed by atoms with Gasteiger partial charge >= 0.3 is 6.43 Å². The van der Waals surface area contributed by atoms with E-state index < -0.39 is 23.6 Å². The van der Waals surface area contributed by atoms with Crippen molar-refractivity contribution in [3.8, 4) is 0 Å². The predicted octanol–water partition coefficient (Wildman–Crippen LogP) is 2.32. The lowest BCUT2D eigenvalue weighted by atomic mass is 10.2. The number of hydrogen-bond donors (Lipinski definition) is 0. The summed E-state index contributed by atoms with van der Waals surface area (Å²) in [7, 11) is 0. The van der Waals surface area contributed by atoms with Crippen LogP contribution in [0.25, 0.3) is 0 Å². The maximum Gasteiger partial charge on any atom is 0.300 e. The van der Waals surface area contributed by atoms with Crippen LogP contribution in [-0.2, 0) is 0 Å². The van der Waals surface area contributed by atoms with Crippen LogP contribution in [0.3, 0.4) is 0 Å². The lowest BCUT2D eigenvalue weighted by Gasteiger charge is -2.00. The van der Waals surface area contributed by atoms with E-state index in [0.29, 0.717) is 6.20 Å². The molecule has 1 aromatic heterocycles. The molecule has 13 heavy (non-hydrogen) atoms. The van der Waals surface area contributed by atoms with Crippen molar-refractivity contribution in [1.29, 1.82) is 0 Å². The molecular weight excluding hydrogens is 207 g/mol. The van der Waals surface area contributed by atoms with Gasteiger partial charge in [0.05, 0.1) is 11.8 Å². The fourth-order valence-electron chi connectivity index (χ4n) is 0.720. The minimum absolute atomic E-state index is 0.203. The lowest BCUT2D eigenvalue weighted by Crippen LogP contribution is -2.12. The summed E-state index contributed by atoms with van der Waals surface area (Å²) in [4.78, 5) is 13.9. The summed E-state index contributed by atoms with van der Waals surface area (Å²) in [5, 5.41) is -0.203. The third-order valence-electron chi connectivity index (χ3n) is 1.29. The van der Waals surface area contributed by atoms with E-state index in [1.165, 1.54) is 0 Å². The van der Waals surface area contributed by atoms with Crippen LogP contribution in [0, 0.1) is 5.82 Å². The normalized spacial score (nSPS) is 10.5. The summed E-state index contributed by atoms with van der Waals surface area (Å²) in [5.74, 6) is -2.70. The number of carbonyl (C=O) groups is 1. The molecular formula is C7H3ClF3NO. The summed E-state index contributed by atoms with van der Waals surface area (Å²) in [6.45, 7) is 0. The standard InChI is InChI=1S/C7H3ClF3NO/c8-5-1-3(4(9)2-12-5)6(13)7(10)11/h1-2,7H. The van der Waals surface area contributed by atoms with E-state index in [1.54, 1.807) is 0 Å². The van der Waals surface area contributed by atoms with Crippen LogP contribution in [0.1, 0.15) is 10.4 Å². The van der Waals surface area contributed by atoms with Crippen molar-refractivity contribution in [2.45, 2.75) is 6.43 Å². The van der Waals surface area contributed by atoms with Crippen molar-refractivity contribution in [3.63, 3.8) is 0 Å². The summed E-state index contributed by atoms with van der Waals surface area (Å²) in [6.07, 6.45) is -2.62. The minimum atomic E-state index is -3.24. The largest absolute Gasteiger partial charge is 0.300 e. The van der Waals surface area contributed by atoms with Gasteiger partial charge in [-0.1, -0.05) is 11.6 Å². The second-order valence-electron chi connectivity index (χ2n) is 2.15. The van der Waals surface area contributed by atoms with Gasteiger partial charge in [0.15, 0.2) is 5.82 Å². The minimum Gasteiger partial charge on any atom is -0.288 e. The summed E-state index contributed by atoms with van der Waals surface area (Å²) in [5.41, 5.74) is -0.741. The van der Waals surface area contributed by atoms with Crippen LogP contribution >= 0.6 is 11.6 Å². The van der Waals surface area contributed by atoms with E-state index in [9.17, 15) is 18.0 Å². The predicted molar refractivity (Wildman–Crippen MR) is 39.5 cm³/mol. The first kappa shape index (κ1) is 9.98. The Hall–Kier alpha value is -1.10. The van der Waals surface area contributed by atoms with E-state index >= 15 is 0 Å². The molecule has 0 saturated heterocycles. The highest BCUT2D eigenvalue weighted by molar-refractivity contribution is 6.29. The van der Waals surface area contributed by atoms with Gasteiger partial charge in [-0.05, 0) is 6.07 Å². The molecule has 0 aliphatic carbocycles. The maximum absolute atomic E-state index is 12.7. The van der Waals surface area contributed by atoms with E-state index in [-0.39, 0.29) is 5.15 Å². The zero-order valence-electron chi connectivity index (χ0n) is 6.10. The van der Waals surface area contributed by atoms with E-state index in [4.69, 9.17) is 11.6 Å². The lowest BCUT2D eigenvalue weighted by molar-refractivity contribution is 0.0674. The number of alkyl halides is 2. The van der Waals surface area contributed by atoms with Gasteiger partial charge in [0.25, 0.3) is 0 Å². The molecule has 0 amide bonds. The Labute approximate surface area is 76.3 Å². The van der Waals surface area contributed by atoms with Crippen LogP contribution in [0.4, 0.5) is 13.2 Å². The molecule has 0 aliphatic rings. The van der Waals surface area contributed by atoms with Crippen molar-refractivity contribution in [3.05, 3.63) is 28.8 Å². The first-order valence-corrected chi connectivity index (χ1v) is 3.53. The Balaban J connectivity index is 3.13. The zero-order chi connectivity index (χ0) is 10.0.